The standard InChI is InChI=1S/C13H19FN2O/c1-16(9-13(15)5-6-17-10-13)8-11-3-2-4-12(14)7-11/h2-4,7H,5-6,8-10,15H2,1H3. The molecule has 2 rings (SSSR count). The predicted octanol–water partition coefficient (Wildman–Crippen LogP) is 1.38. The number of rotatable bonds is 4. The molecular formula is C13H19FN2O. The smallest absolute Gasteiger partial charge is 0.123 e. The Hall–Kier alpha value is -0.970. The Labute approximate surface area is 101 Å². The molecule has 0 radical (unpaired) electrons. The second-order valence-electron chi connectivity index (χ2n) is 4.97. The maximum Gasteiger partial charge on any atom is 0.123 e. The fourth-order valence-corrected chi connectivity index (χ4v) is 2.29. The van der Waals surface area contributed by atoms with Crippen LogP contribution in [0.15, 0.2) is 24.3 Å². The van der Waals surface area contributed by atoms with Gasteiger partial charge in [-0.1, -0.05) is 12.1 Å². The molecule has 94 valence electrons. The first-order chi connectivity index (χ1) is 8.07. The minimum atomic E-state index is -0.248. The van der Waals surface area contributed by atoms with Crippen LogP contribution in [0.5, 0.6) is 0 Å². The van der Waals surface area contributed by atoms with Gasteiger partial charge >= 0.3 is 0 Å². The van der Waals surface area contributed by atoms with E-state index < -0.39 is 0 Å². The summed E-state index contributed by atoms with van der Waals surface area (Å²) in [6.45, 7) is 2.82. The van der Waals surface area contributed by atoms with Crippen LogP contribution in [0.25, 0.3) is 0 Å². The third-order valence-corrected chi connectivity index (χ3v) is 3.06. The second kappa shape index (κ2) is 5.12. The molecule has 1 fully saturated rings. The maximum atomic E-state index is 13.0. The normalized spacial score (nSPS) is 24.5. The van der Waals surface area contributed by atoms with Crippen LogP contribution in [0.1, 0.15) is 12.0 Å². The molecule has 0 bridgehead atoms. The molecule has 1 aliphatic rings. The average molecular weight is 238 g/mol. The van der Waals surface area contributed by atoms with Crippen molar-refractivity contribution in [2.75, 3.05) is 26.8 Å². The highest BCUT2D eigenvalue weighted by Crippen LogP contribution is 2.17. The number of nitrogens with zero attached hydrogens (tertiary/aromatic N) is 1. The van der Waals surface area contributed by atoms with Crippen molar-refractivity contribution in [2.45, 2.75) is 18.5 Å². The van der Waals surface area contributed by atoms with Crippen molar-refractivity contribution in [3.63, 3.8) is 0 Å². The van der Waals surface area contributed by atoms with Crippen LogP contribution in [0.4, 0.5) is 4.39 Å². The van der Waals surface area contributed by atoms with Crippen LogP contribution >= 0.6 is 0 Å². The van der Waals surface area contributed by atoms with E-state index in [1.807, 2.05) is 13.1 Å². The molecule has 3 nitrogen and oxygen atoms in total. The molecule has 0 aliphatic carbocycles. The van der Waals surface area contributed by atoms with E-state index in [0.29, 0.717) is 13.2 Å². The zero-order valence-corrected chi connectivity index (χ0v) is 10.2. The van der Waals surface area contributed by atoms with E-state index in [1.54, 1.807) is 12.1 Å². The molecule has 1 aromatic rings. The van der Waals surface area contributed by atoms with Crippen molar-refractivity contribution in [3.05, 3.63) is 35.6 Å². The Bertz CT molecular complexity index is 377. The first kappa shape index (κ1) is 12.5. The van der Waals surface area contributed by atoms with Gasteiger partial charge in [0.2, 0.25) is 0 Å². The molecule has 0 aromatic heterocycles. The van der Waals surface area contributed by atoms with E-state index in [0.717, 1.165) is 25.1 Å². The van der Waals surface area contributed by atoms with Crippen molar-refractivity contribution < 1.29 is 9.13 Å². The number of nitrogens with two attached hydrogens (primary N) is 1. The minimum absolute atomic E-state index is 0.192. The summed E-state index contributed by atoms with van der Waals surface area (Å²) in [4.78, 5) is 2.11. The first-order valence-electron chi connectivity index (χ1n) is 5.87. The lowest BCUT2D eigenvalue weighted by molar-refractivity contribution is 0.159. The summed E-state index contributed by atoms with van der Waals surface area (Å²) in [5.41, 5.74) is 6.92. The van der Waals surface area contributed by atoms with Gasteiger partial charge in [-0.25, -0.2) is 4.39 Å². The number of ether oxygens (including phenoxy) is 1. The van der Waals surface area contributed by atoms with Gasteiger partial charge in [0.1, 0.15) is 5.82 Å². The second-order valence-corrected chi connectivity index (χ2v) is 4.97. The molecule has 0 saturated carbocycles. The number of halogens is 1. The van der Waals surface area contributed by atoms with E-state index in [4.69, 9.17) is 10.5 Å². The van der Waals surface area contributed by atoms with E-state index >= 15 is 0 Å². The third kappa shape index (κ3) is 3.49. The Morgan fingerprint density at radius 1 is 1.53 bits per heavy atom. The summed E-state index contributed by atoms with van der Waals surface area (Å²) >= 11 is 0. The summed E-state index contributed by atoms with van der Waals surface area (Å²) in [5, 5.41) is 0. The molecule has 2 N–H and O–H groups in total. The quantitative estimate of drug-likeness (QED) is 0.861. The zero-order chi connectivity index (χ0) is 12.3. The van der Waals surface area contributed by atoms with E-state index in [1.165, 1.54) is 6.07 Å². The summed E-state index contributed by atoms with van der Waals surface area (Å²) < 4.78 is 18.4. The van der Waals surface area contributed by atoms with Gasteiger partial charge < -0.3 is 15.4 Å². The highest BCUT2D eigenvalue weighted by atomic mass is 19.1. The Morgan fingerprint density at radius 2 is 2.35 bits per heavy atom. The molecule has 1 aromatic carbocycles. The highest BCUT2D eigenvalue weighted by Gasteiger charge is 2.31. The van der Waals surface area contributed by atoms with Crippen LogP contribution in [0, 0.1) is 5.82 Å². The van der Waals surface area contributed by atoms with Crippen molar-refractivity contribution in [2.24, 2.45) is 5.73 Å². The topological polar surface area (TPSA) is 38.5 Å². The largest absolute Gasteiger partial charge is 0.379 e. The van der Waals surface area contributed by atoms with Crippen LogP contribution < -0.4 is 5.73 Å². The van der Waals surface area contributed by atoms with Crippen LogP contribution in [0.3, 0.4) is 0 Å². The van der Waals surface area contributed by atoms with Gasteiger partial charge in [-0.15, -0.1) is 0 Å². The predicted molar refractivity (Wildman–Crippen MR) is 65.1 cm³/mol. The summed E-state index contributed by atoms with van der Waals surface area (Å²) in [5.74, 6) is -0.192. The zero-order valence-electron chi connectivity index (χ0n) is 10.2. The molecule has 17 heavy (non-hydrogen) atoms. The fourth-order valence-electron chi connectivity index (χ4n) is 2.29. The minimum Gasteiger partial charge on any atom is -0.379 e. The van der Waals surface area contributed by atoms with Gasteiger partial charge in [-0.3, -0.25) is 0 Å². The molecule has 1 saturated heterocycles. The van der Waals surface area contributed by atoms with Crippen LogP contribution in [-0.4, -0.2) is 37.2 Å². The number of benzene rings is 1. The SMILES string of the molecule is CN(Cc1cccc(F)c1)CC1(N)CCOC1. The molecule has 1 unspecified atom stereocenters. The van der Waals surface area contributed by atoms with Crippen molar-refractivity contribution in [1.29, 1.82) is 0 Å². The number of hydrogen-bond donors (Lipinski definition) is 1. The van der Waals surface area contributed by atoms with Gasteiger partial charge in [-0.2, -0.15) is 0 Å². The van der Waals surface area contributed by atoms with Crippen LogP contribution in [-0.2, 0) is 11.3 Å². The lowest BCUT2D eigenvalue weighted by atomic mass is 9.99. The number of likely N-dealkylation sites (N-methyl/N-ethyl adjacent to an activating group) is 1. The van der Waals surface area contributed by atoms with Crippen molar-refractivity contribution in [3.8, 4) is 0 Å². The van der Waals surface area contributed by atoms with E-state index in [2.05, 4.69) is 4.90 Å². The van der Waals surface area contributed by atoms with Gasteiger partial charge in [0.05, 0.1) is 12.1 Å². The van der Waals surface area contributed by atoms with E-state index in [-0.39, 0.29) is 11.4 Å². The van der Waals surface area contributed by atoms with E-state index in [9.17, 15) is 4.39 Å². The molecule has 1 atom stereocenters. The molecule has 1 aliphatic heterocycles. The lowest BCUT2D eigenvalue weighted by Crippen LogP contribution is -2.49. The third-order valence-electron chi connectivity index (χ3n) is 3.06. The molecule has 1 heterocycles. The van der Waals surface area contributed by atoms with Gasteiger partial charge in [-0.05, 0) is 31.2 Å². The van der Waals surface area contributed by atoms with Gasteiger partial charge in [0, 0.05) is 19.7 Å². The first-order valence-corrected chi connectivity index (χ1v) is 5.87. The van der Waals surface area contributed by atoms with Crippen LogP contribution in [0.2, 0.25) is 0 Å². The summed E-state index contributed by atoms with van der Waals surface area (Å²) in [7, 11) is 2.00. The van der Waals surface area contributed by atoms with Crippen molar-refractivity contribution in [1.82, 2.24) is 4.90 Å². The summed E-state index contributed by atoms with van der Waals surface area (Å²) in [6, 6.07) is 6.67. The van der Waals surface area contributed by atoms with Crippen molar-refractivity contribution >= 4 is 0 Å². The molecule has 4 heteroatoms. The Morgan fingerprint density at radius 3 is 3.00 bits per heavy atom. The fraction of sp³-hybridized carbons (Fsp3) is 0.538. The molecule has 0 amide bonds. The maximum absolute atomic E-state index is 13.0. The lowest BCUT2D eigenvalue weighted by Gasteiger charge is -2.28. The average Bonchev–Trinajstić information content (AvgIpc) is 2.64. The van der Waals surface area contributed by atoms with Gasteiger partial charge in [0.15, 0.2) is 0 Å². The monoisotopic (exact) mass is 238 g/mol. The number of hydrogen-bond acceptors (Lipinski definition) is 3. The molecular weight excluding hydrogens is 219 g/mol. The molecule has 0 spiro atoms. The van der Waals surface area contributed by atoms with Gasteiger partial charge in [0.25, 0.3) is 0 Å². The summed E-state index contributed by atoms with van der Waals surface area (Å²) in [6.07, 6.45) is 0.889. The Kier molecular flexibility index (Phi) is 3.76. The Balaban J connectivity index is 1.90. The highest BCUT2D eigenvalue weighted by molar-refractivity contribution is 5.16.